The zero-order valence-electron chi connectivity index (χ0n) is 14.5. The summed E-state index contributed by atoms with van der Waals surface area (Å²) in [6.07, 6.45) is 2.00. The minimum absolute atomic E-state index is 0.212. The number of aromatic nitrogens is 2. The average molecular weight is 316 g/mol. The van der Waals surface area contributed by atoms with Gasteiger partial charge in [-0.15, -0.1) is 0 Å². The Morgan fingerprint density at radius 2 is 1.96 bits per heavy atom. The number of ether oxygens (including phenoxy) is 1. The van der Waals surface area contributed by atoms with Crippen LogP contribution in [0.5, 0.6) is 5.88 Å². The maximum Gasteiger partial charge on any atom is 0.238 e. The maximum atomic E-state index is 9.38. The highest BCUT2D eigenvalue weighted by molar-refractivity contribution is 5.60. The number of rotatable bonds is 8. The third-order valence-electron chi connectivity index (χ3n) is 3.50. The molecule has 0 aliphatic heterocycles. The molecule has 0 atom stereocenters. The van der Waals surface area contributed by atoms with Gasteiger partial charge in [-0.25, -0.2) is 0 Å². The number of anilines is 2. The lowest BCUT2D eigenvalue weighted by Gasteiger charge is -2.32. The Morgan fingerprint density at radius 1 is 1.26 bits per heavy atom. The number of hydrogen-bond donors (Lipinski definition) is 1. The zero-order chi connectivity index (χ0) is 17.5. The minimum atomic E-state index is -0.769. The van der Waals surface area contributed by atoms with Gasteiger partial charge in [-0.05, 0) is 27.2 Å². The van der Waals surface area contributed by atoms with Crippen LogP contribution in [-0.2, 0) is 0 Å². The number of methoxy groups -OCH3 is 1. The van der Waals surface area contributed by atoms with Crippen molar-refractivity contribution in [1.29, 1.82) is 10.5 Å². The SMILES string of the molecule is CCCCNc1nc(N(CC)C(C)(C)C#N)nc(OC)c1C#N. The molecule has 1 aromatic heterocycles. The van der Waals surface area contributed by atoms with Crippen LogP contribution in [0.15, 0.2) is 0 Å². The standard InChI is InChI=1S/C16H24N6O/c1-6-8-9-19-13-12(10-17)14(23-5)21-15(20-13)22(7-2)16(3,4)11-18/h6-9H2,1-5H3,(H,19,20,21). The molecule has 124 valence electrons. The van der Waals surface area contributed by atoms with Crippen molar-refractivity contribution in [3.8, 4) is 18.0 Å². The fourth-order valence-corrected chi connectivity index (χ4v) is 2.16. The van der Waals surface area contributed by atoms with E-state index in [2.05, 4.69) is 34.3 Å². The number of nitrogens with zero attached hydrogens (tertiary/aromatic N) is 5. The maximum absolute atomic E-state index is 9.38. The molecule has 7 heteroatoms. The van der Waals surface area contributed by atoms with Crippen LogP contribution in [0.2, 0.25) is 0 Å². The highest BCUT2D eigenvalue weighted by atomic mass is 16.5. The van der Waals surface area contributed by atoms with Gasteiger partial charge in [-0.3, -0.25) is 0 Å². The molecule has 7 nitrogen and oxygen atoms in total. The first-order chi connectivity index (χ1) is 10.9. The molecule has 0 radical (unpaired) electrons. The number of nitrogens with one attached hydrogen (secondary N) is 1. The third kappa shape index (κ3) is 4.23. The van der Waals surface area contributed by atoms with E-state index in [4.69, 9.17) is 4.74 Å². The quantitative estimate of drug-likeness (QED) is 0.736. The topological polar surface area (TPSA) is 97.9 Å². The van der Waals surface area contributed by atoms with E-state index in [0.29, 0.717) is 24.9 Å². The predicted octanol–water partition coefficient (Wildman–Crippen LogP) is 2.70. The van der Waals surface area contributed by atoms with E-state index in [0.717, 1.165) is 12.8 Å². The molecule has 0 aliphatic rings. The first-order valence-corrected chi connectivity index (χ1v) is 7.74. The second-order valence-electron chi connectivity index (χ2n) is 5.56. The molecular weight excluding hydrogens is 292 g/mol. The van der Waals surface area contributed by atoms with Gasteiger partial charge in [0, 0.05) is 13.1 Å². The van der Waals surface area contributed by atoms with Gasteiger partial charge in [0.1, 0.15) is 11.6 Å². The Kier molecular flexibility index (Phi) is 6.59. The van der Waals surface area contributed by atoms with E-state index in [1.165, 1.54) is 7.11 Å². The Hall–Kier alpha value is -2.54. The second-order valence-corrected chi connectivity index (χ2v) is 5.56. The molecule has 0 saturated heterocycles. The summed E-state index contributed by atoms with van der Waals surface area (Å²) in [4.78, 5) is 10.6. The monoisotopic (exact) mass is 316 g/mol. The summed E-state index contributed by atoms with van der Waals surface area (Å²) >= 11 is 0. The van der Waals surface area contributed by atoms with Crippen molar-refractivity contribution in [3.05, 3.63) is 5.56 Å². The summed E-state index contributed by atoms with van der Waals surface area (Å²) in [5, 5.41) is 21.9. The highest BCUT2D eigenvalue weighted by Gasteiger charge is 2.29. The lowest BCUT2D eigenvalue weighted by Crippen LogP contribution is -2.44. The molecule has 1 rings (SSSR count). The van der Waals surface area contributed by atoms with Gasteiger partial charge in [-0.2, -0.15) is 20.5 Å². The van der Waals surface area contributed by atoms with Gasteiger partial charge in [0.25, 0.3) is 0 Å². The Morgan fingerprint density at radius 3 is 2.43 bits per heavy atom. The lowest BCUT2D eigenvalue weighted by molar-refractivity contribution is 0.394. The molecule has 0 aromatic carbocycles. The molecule has 1 heterocycles. The van der Waals surface area contributed by atoms with Crippen LogP contribution in [0.1, 0.15) is 46.1 Å². The molecule has 23 heavy (non-hydrogen) atoms. The summed E-state index contributed by atoms with van der Waals surface area (Å²) in [5.74, 6) is 1.02. The largest absolute Gasteiger partial charge is 0.480 e. The van der Waals surface area contributed by atoms with Crippen LogP contribution in [-0.4, -0.2) is 35.7 Å². The van der Waals surface area contributed by atoms with Gasteiger partial charge < -0.3 is 15.0 Å². The van der Waals surface area contributed by atoms with Gasteiger partial charge in [-0.1, -0.05) is 13.3 Å². The van der Waals surface area contributed by atoms with Gasteiger partial charge >= 0.3 is 0 Å². The van der Waals surface area contributed by atoms with Crippen LogP contribution in [0, 0.1) is 22.7 Å². The van der Waals surface area contributed by atoms with Crippen molar-refractivity contribution in [2.45, 2.75) is 46.1 Å². The van der Waals surface area contributed by atoms with Crippen LogP contribution < -0.4 is 15.0 Å². The number of hydrogen-bond acceptors (Lipinski definition) is 7. The van der Waals surface area contributed by atoms with E-state index in [-0.39, 0.29) is 11.4 Å². The Balaban J connectivity index is 3.36. The van der Waals surface area contributed by atoms with Gasteiger partial charge in [0.15, 0.2) is 11.4 Å². The van der Waals surface area contributed by atoms with Crippen LogP contribution in [0.3, 0.4) is 0 Å². The molecule has 0 fully saturated rings. The summed E-state index contributed by atoms with van der Waals surface area (Å²) < 4.78 is 5.24. The number of unbranched alkanes of at least 4 members (excludes halogenated alkanes) is 1. The van der Waals surface area contributed by atoms with Crippen molar-refractivity contribution < 1.29 is 4.74 Å². The van der Waals surface area contributed by atoms with Crippen LogP contribution >= 0.6 is 0 Å². The van der Waals surface area contributed by atoms with Gasteiger partial charge in [0.2, 0.25) is 11.8 Å². The molecule has 0 amide bonds. The Bertz CT molecular complexity index is 614. The van der Waals surface area contributed by atoms with Crippen molar-refractivity contribution in [2.75, 3.05) is 30.4 Å². The van der Waals surface area contributed by atoms with E-state index in [1.807, 2.05) is 6.92 Å². The average Bonchev–Trinajstić information content (AvgIpc) is 2.55. The fraction of sp³-hybridized carbons (Fsp3) is 0.625. The first kappa shape index (κ1) is 18.5. The molecule has 0 aliphatic carbocycles. The molecule has 0 saturated carbocycles. The summed E-state index contributed by atoms with van der Waals surface area (Å²) in [6, 6.07) is 4.33. The molecule has 1 N–H and O–H groups in total. The molecule has 0 spiro atoms. The summed E-state index contributed by atoms with van der Waals surface area (Å²) in [6.45, 7) is 8.89. The molecule has 0 unspecified atom stereocenters. The number of nitriles is 2. The normalized spacial score (nSPS) is 10.6. The smallest absolute Gasteiger partial charge is 0.238 e. The zero-order valence-corrected chi connectivity index (χ0v) is 14.5. The lowest BCUT2D eigenvalue weighted by atomic mass is 10.1. The van der Waals surface area contributed by atoms with E-state index >= 15 is 0 Å². The minimum Gasteiger partial charge on any atom is -0.480 e. The van der Waals surface area contributed by atoms with Gasteiger partial charge in [0.05, 0.1) is 13.2 Å². The van der Waals surface area contributed by atoms with Crippen molar-refractivity contribution >= 4 is 11.8 Å². The van der Waals surface area contributed by atoms with E-state index in [1.54, 1.807) is 18.7 Å². The first-order valence-electron chi connectivity index (χ1n) is 7.74. The molecule has 0 bridgehead atoms. The van der Waals surface area contributed by atoms with E-state index in [9.17, 15) is 10.5 Å². The van der Waals surface area contributed by atoms with E-state index < -0.39 is 5.54 Å². The Labute approximate surface area is 137 Å². The van der Waals surface area contributed by atoms with Crippen molar-refractivity contribution in [3.63, 3.8) is 0 Å². The van der Waals surface area contributed by atoms with Crippen LogP contribution in [0.25, 0.3) is 0 Å². The molecule has 1 aromatic rings. The van der Waals surface area contributed by atoms with Crippen LogP contribution in [0.4, 0.5) is 11.8 Å². The molecular formula is C16H24N6O. The highest BCUT2D eigenvalue weighted by Crippen LogP contribution is 2.28. The summed E-state index contributed by atoms with van der Waals surface area (Å²) in [5.41, 5.74) is -0.493. The predicted molar refractivity (Wildman–Crippen MR) is 89.4 cm³/mol. The summed E-state index contributed by atoms with van der Waals surface area (Å²) in [7, 11) is 1.47. The van der Waals surface area contributed by atoms with Crippen molar-refractivity contribution in [2.24, 2.45) is 0 Å². The second kappa shape index (κ2) is 8.19. The van der Waals surface area contributed by atoms with Crippen molar-refractivity contribution in [1.82, 2.24) is 9.97 Å². The third-order valence-corrected chi connectivity index (χ3v) is 3.50. The fourth-order valence-electron chi connectivity index (χ4n) is 2.16.